The van der Waals surface area contributed by atoms with Gasteiger partial charge in [-0.05, 0) is 56.2 Å². The summed E-state index contributed by atoms with van der Waals surface area (Å²) in [7, 11) is 0. The van der Waals surface area contributed by atoms with Crippen LogP contribution in [0.1, 0.15) is 63.5 Å². The Morgan fingerprint density at radius 3 is 1.99 bits per heavy atom. The zero-order chi connectivity index (χ0) is 51.3. The van der Waals surface area contributed by atoms with Gasteiger partial charge >= 0.3 is 0 Å². The van der Waals surface area contributed by atoms with Crippen LogP contribution in [0.5, 0.6) is 0 Å². The Kier molecular flexibility index (Phi) is 20.9. The van der Waals surface area contributed by atoms with Crippen molar-refractivity contribution < 1.29 is 43.2 Å². The molecule has 4 rings (SSSR count). The van der Waals surface area contributed by atoms with Crippen molar-refractivity contribution in [1.29, 1.82) is 0 Å². The van der Waals surface area contributed by atoms with E-state index < -0.39 is 108 Å². The maximum absolute atomic E-state index is 14.4. The number of carbonyl (C=O) groups excluding carboxylic acids is 9. The number of aromatic nitrogens is 1. The number of primary amides is 1. The van der Waals surface area contributed by atoms with Crippen LogP contribution in [0, 0.1) is 0 Å². The van der Waals surface area contributed by atoms with Crippen molar-refractivity contribution in [2.24, 2.45) is 38.7 Å². The second-order valence-corrected chi connectivity index (χ2v) is 16.7. The molecule has 7 atom stereocenters. The molecule has 25 heteroatoms. The zero-order valence-corrected chi connectivity index (χ0v) is 39.0. The molecule has 1 fully saturated rings. The fourth-order valence-corrected chi connectivity index (χ4v) is 7.42. The van der Waals surface area contributed by atoms with E-state index in [0.29, 0.717) is 11.1 Å². The normalized spacial score (nSPS) is 21.4. The number of H-pyrrole nitrogens is 1. The molecule has 2 heterocycles. The number of rotatable bonds is 16. The summed E-state index contributed by atoms with van der Waals surface area (Å²) in [5, 5.41) is 21.4. The lowest BCUT2D eigenvalue weighted by molar-refractivity contribution is -0.135. The van der Waals surface area contributed by atoms with Gasteiger partial charge in [-0.1, -0.05) is 48.5 Å². The highest BCUT2D eigenvalue weighted by Crippen LogP contribution is 2.20. The first kappa shape index (κ1) is 54.4. The van der Waals surface area contributed by atoms with Crippen LogP contribution in [0.3, 0.4) is 0 Å². The van der Waals surface area contributed by atoms with Crippen molar-refractivity contribution >= 4 is 76.0 Å². The van der Waals surface area contributed by atoms with Gasteiger partial charge < -0.3 is 76.2 Å². The van der Waals surface area contributed by atoms with Crippen LogP contribution in [-0.4, -0.2) is 132 Å². The van der Waals surface area contributed by atoms with Gasteiger partial charge in [-0.2, -0.15) is 0 Å². The second-order valence-electron chi connectivity index (χ2n) is 16.7. The Morgan fingerprint density at radius 1 is 0.714 bits per heavy atom. The maximum Gasteiger partial charge on any atom is 0.245 e. The predicted octanol–water partition coefficient (Wildman–Crippen LogP) is -4.11. The second kappa shape index (κ2) is 26.9. The molecule has 1 saturated heterocycles. The van der Waals surface area contributed by atoms with Gasteiger partial charge in [0.2, 0.25) is 53.2 Å². The van der Waals surface area contributed by atoms with Gasteiger partial charge in [0.05, 0.1) is 0 Å². The van der Waals surface area contributed by atoms with E-state index in [-0.39, 0.29) is 70.0 Å². The van der Waals surface area contributed by atoms with Crippen LogP contribution in [0.15, 0.2) is 70.8 Å². The van der Waals surface area contributed by atoms with Crippen LogP contribution in [0.2, 0.25) is 0 Å². The fraction of sp³-hybridized carbons (Fsp3) is 0.444. The lowest BCUT2D eigenvalue weighted by Crippen LogP contribution is -2.61. The van der Waals surface area contributed by atoms with Crippen LogP contribution in [-0.2, 0) is 56.0 Å². The number of carbonyl (C=O) groups is 9. The van der Waals surface area contributed by atoms with Crippen molar-refractivity contribution in [3.63, 3.8) is 0 Å². The molecule has 70 heavy (non-hydrogen) atoms. The van der Waals surface area contributed by atoms with Crippen molar-refractivity contribution in [2.75, 3.05) is 19.6 Å². The van der Waals surface area contributed by atoms with Crippen LogP contribution >= 0.6 is 0 Å². The van der Waals surface area contributed by atoms with Gasteiger partial charge in [-0.15, -0.1) is 0 Å². The standard InChI is InChI=1S/C45H64N16O9/c1-24-38(65)59-33(20-26-10-4-3-5-11-26)41(68)58-32(15-9-19-52-45(49)50)40(67)60-34(21-27-22-53-29-13-7-6-12-28(27)29)42(69)57-30(37(46)64)16-17-36(63)54-23-35(43(70)55-24)61-39(66)31(56-25(2)62)14-8-18-51-44(47)48/h3-7,10-13,22,24,30-35,53H,8-9,14-21,23H2,1-2H3,(H2,46,64)(H,54,63)(H,55,70)(H,56,62)(H,57,69)(H,58,68)(H,59,65)(H,60,67)(H,61,66)(H4,47,48,51)(H4,49,50,52)/t24-,30-,31-,32-,33+,34-,35-/m0/s1. The number of benzene rings is 2. The number of aliphatic imine (C=N–C) groups is 2. The van der Waals surface area contributed by atoms with Crippen molar-refractivity contribution in [1.82, 2.24) is 47.5 Å². The first-order valence-corrected chi connectivity index (χ1v) is 22.7. The molecule has 0 saturated carbocycles. The summed E-state index contributed by atoms with van der Waals surface area (Å²) in [6.07, 6.45) is 1.09. The molecule has 0 radical (unpaired) electrons. The molecular weight excluding hydrogens is 909 g/mol. The number of hydrogen-bond donors (Lipinski definition) is 14. The molecule has 19 N–H and O–H groups in total. The molecule has 0 unspecified atom stereocenters. The fourth-order valence-electron chi connectivity index (χ4n) is 7.42. The molecule has 9 amide bonds. The Bertz CT molecular complexity index is 2400. The molecular formula is C45H64N16O9. The van der Waals surface area contributed by atoms with E-state index in [1.807, 2.05) is 18.2 Å². The summed E-state index contributed by atoms with van der Waals surface area (Å²) in [5.74, 6) is -7.80. The minimum absolute atomic E-state index is 0.0354. The van der Waals surface area contributed by atoms with E-state index >= 15 is 0 Å². The third kappa shape index (κ3) is 17.8. The number of fused-ring (bicyclic) bond motifs is 1. The SMILES string of the molecule is CC(=O)N[C@@H](CCCN=C(N)N)C(=O)N[C@H]1CNC(=O)CC[C@@H](C(N)=O)NC(=O)[C@H](Cc2c[nH]c3ccccc23)NC(=O)[C@H](CCCN=C(N)N)NC(=O)[C@@H](Cc2ccccc2)NC(=O)[C@H](C)NC1=O. The topological polar surface area (TPSA) is 420 Å². The first-order valence-electron chi connectivity index (χ1n) is 22.7. The lowest BCUT2D eigenvalue weighted by atomic mass is 10.0. The average Bonchev–Trinajstić information content (AvgIpc) is 3.72. The molecule has 0 aliphatic carbocycles. The third-order valence-corrected chi connectivity index (χ3v) is 11.1. The molecule has 1 aliphatic heterocycles. The number of hydrogen-bond acceptors (Lipinski definition) is 11. The summed E-state index contributed by atoms with van der Waals surface area (Å²) in [6.45, 7) is 2.13. The molecule has 1 aliphatic rings. The molecule has 25 nitrogen and oxygen atoms in total. The van der Waals surface area contributed by atoms with Gasteiger partial charge in [-0.3, -0.25) is 53.1 Å². The van der Waals surface area contributed by atoms with Crippen molar-refractivity contribution in [2.45, 2.75) is 108 Å². The Labute approximate surface area is 403 Å². The first-order chi connectivity index (χ1) is 33.3. The molecule has 378 valence electrons. The molecule has 0 bridgehead atoms. The van der Waals surface area contributed by atoms with E-state index in [0.717, 1.165) is 10.9 Å². The summed E-state index contributed by atoms with van der Waals surface area (Å²) in [5.41, 5.74) is 29.6. The molecule has 3 aromatic rings. The van der Waals surface area contributed by atoms with Gasteiger partial charge in [-0.25, -0.2) is 0 Å². The zero-order valence-electron chi connectivity index (χ0n) is 39.0. The summed E-state index contributed by atoms with van der Waals surface area (Å²) in [4.78, 5) is 134. The lowest BCUT2D eigenvalue weighted by Gasteiger charge is -2.27. The van der Waals surface area contributed by atoms with Crippen LogP contribution in [0.4, 0.5) is 0 Å². The number of para-hydroxylation sites is 1. The highest BCUT2D eigenvalue weighted by atomic mass is 16.2. The smallest absolute Gasteiger partial charge is 0.245 e. The van der Waals surface area contributed by atoms with E-state index in [1.54, 1.807) is 42.6 Å². The van der Waals surface area contributed by atoms with Crippen molar-refractivity contribution in [3.05, 3.63) is 71.9 Å². The predicted molar refractivity (Wildman–Crippen MR) is 258 cm³/mol. The average molecular weight is 973 g/mol. The number of nitrogens with one attached hydrogen (secondary N) is 9. The summed E-state index contributed by atoms with van der Waals surface area (Å²) >= 11 is 0. The monoisotopic (exact) mass is 973 g/mol. The third-order valence-electron chi connectivity index (χ3n) is 11.1. The number of aromatic amines is 1. The summed E-state index contributed by atoms with van der Waals surface area (Å²) < 4.78 is 0. The van der Waals surface area contributed by atoms with Gasteiger partial charge in [0.1, 0.15) is 42.3 Å². The minimum Gasteiger partial charge on any atom is -0.370 e. The van der Waals surface area contributed by atoms with Crippen molar-refractivity contribution in [3.8, 4) is 0 Å². The van der Waals surface area contributed by atoms with Gasteiger partial charge in [0, 0.05) is 62.9 Å². The number of nitrogens with zero attached hydrogens (tertiary/aromatic N) is 2. The quantitative estimate of drug-likeness (QED) is 0.0369. The molecule has 0 spiro atoms. The van der Waals surface area contributed by atoms with Gasteiger partial charge in [0.15, 0.2) is 11.9 Å². The van der Waals surface area contributed by atoms with Gasteiger partial charge in [0.25, 0.3) is 0 Å². The Balaban J connectivity index is 1.74. The van der Waals surface area contributed by atoms with Crippen LogP contribution in [0.25, 0.3) is 10.9 Å². The van der Waals surface area contributed by atoms with E-state index in [9.17, 15) is 43.2 Å². The van der Waals surface area contributed by atoms with Crippen LogP contribution < -0.4 is 71.2 Å². The van der Waals surface area contributed by atoms with E-state index in [4.69, 9.17) is 28.7 Å². The largest absolute Gasteiger partial charge is 0.370 e. The highest BCUT2D eigenvalue weighted by molar-refractivity contribution is 5.98. The number of amides is 9. The Morgan fingerprint density at radius 2 is 1.31 bits per heavy atom. The summed E-state index contributed by atoms with van der Waals surface area (Å²) in [6, 6.07) is 6.21. The van der Waals surface area contributed by atoms with E-state index in [1.165, 1.54) is 13.8 Å². The number of guanidine groups is 2. The highest BCUT2D eigenvalue weighted by Gasteiger charge is 2.34. The maximum atomic E-state index is 14.4. The van der Waals surface area contributed by atoms with E-state index in [2.05, 4.69) is 57.5 Å². The molecule has 1 aromatic heterocycles. The molecule has 2 aromatic carbocycles. The number of nitrogens with two attached hydrogens (primary N) is 5. The minimum atomic E-state index is -1.56. The Hall–Kier alpha value is -8.25.